The van der Waals surface area contributed by atoms with Crippen molar-refractivity contribution in [2.24, 2.45) is 0 Å². The van der Waals surface area contributed by atoms with Crippen LogP contribution in [0.2, 0.25) is 0 Å². The lowest BCUT2D eigenvalue weighted by Gasteiger charge is -2.33. The fourth-order valence-electron chi connectivity index (χ4n) is 4.52. The SMILES string of the molecule is Cc1nn([C@@H]2CCS(=O)(=O)C2)c(C)c1CNC[C@H]1CN(Cc2ccccc2)CCO1. The maximum Gasteiger partial charge on any atom is 0.152 e. The molecule has 1 aromatic heterocycles. The van der Waals surface area contributed by atoms with Crippen LogP contribution in [0.3, 0.4) is 0 Å². The summed E-state index contributed by atoms with van der Waals surface area (Å²) in [5.74, 6) is 0.469. The number of hydrogen-bond acceptors (Lipinski definition) is 6. The van der Waals surface area contributed by atoms with Crippen LogP contribution in [0.4, 0.5) is 0 Å². The molecule has 0 radical (unpaired) electrons. The van der Waals surface area contributed by atoms with Gasteiger partial charge in [0.05, 0.1) is 36.0 Å². The summed E-state index contributed by atoms with van der Waals surface area (Å²) in [6.45, 7) is 9.13. The smallest absolute Gasteiger partial charge is 0.152 e. The Balaban J connectivity index is 1.30. The Labute approximate surface area is 179 Å². The molecule has 0 spiro atoms. The Morgan fingerprint density at radius 1 is 1.23 bits per heavy atom. The molecule has 4 rings (SSSR count). The molecule has 0 amide bonds. The molecule has 2 aromatic rings. The molecule has 0 saturated carbocycles. The largest absolute Gasteiger partial charge is 0.374 e. The molecular weight excluding hydrogens is 400 g/mol. The number of aryl methyl sites for hydroxylation is 1. The highest BCUT2D eigenvalue weighted by Crippen LogP contribution is 2.26. The molecule has 2 aliphatic heterocycles. The number of rotatable bonds is 7. The second-order valence-electron chi connectivity index (χ2n) is 8.50. The van der Waals surface area contributed by atoms with Crippen molar-refractivity contribution < 1.29 is 13.2 Å². The molecule has 2 atom stereocenters. The monoisotopic (exact) mass is 432 g/mol. The van der Waals surface area contributed by atoms with Crippen LogP contribution in [-0.2, 0) is 27.7 Å². The van der Waals surface area contributed by atoms with Gasteiger partial charge in [0.2, 0.25) is 0 Å². The Morgan fingerprint density at radius 2 is 2.03 bits per heavy atom. The summed E-state index contributed by atoms with van der Waals surface area (Å²) in [4.78, 5) is 2.44. The summed E-state index contributed by atoms with van der Waals surface area (Å²) in [7, 11) is -2.92. The fourth-order valence-corrected chi connectivity index (χ4v) is 6.22. The number of nitrogens with zero attached hydrogens (tertiary/aromatic N) is 3. The van der Waals surface area contributed by atoms with E-state index in [9.17, 15) is 8.42 Å². The molecule has 0 aliphatic carbocycles. The minimum Gasteiger partial charge on any atom is -0.374 e. The van der Waals surface area contributed by atoms with Gasteiger partial charge in [-0.3, -0.25) is 9.58 Å². The van der Waals surface area contributed by atoms with Crippen LogP contribution in [0.1, 0.15) is 35.0 Å². The summed E-state index contributed by atoms with van der Waals surface area (Å²) in [5.41, 5.74) is 4.53. The van der Waals surface area contributed by atoms with Gasteiger partial charge in [-0.1, -0.05) is 30.3 Å². The first kappa shape index (κ1) is 21.5. The second kappa shape index (κ2) is 9.18. The highest BCUT2D eigenvalue weighted by molar-refractivity contribution is 7.91. The van der Waals surface area contributed by atoms with E-state index in [0.29, 0.717) is 6.42 Å². The van der Waals surface area contributed by atoms with Gasteiger partial charge in [-0.25, -0.2) is 8.42 Å². The van der Waals surface area contributed by atoms with Gasteiger partial charge < -0.3 is 10.1 Å². The number of sulfone groups is 1. The van der Waals surface area contributed by atoms with E-state index < -0.39 is 9.84 Å². The van der Waals surface area contributed by atoms with Crippen molar-refractivity contribution in [3.05, 3.63) is 52.8 Å². The van der Waals surface area contributed by atoms with Gasteiger partial charge in [0.1, 0.15) is 0 Å². The van der Waals surface area contributed by atoms with Crippen LogP contribution in [-0.4, -0.2) is 66.9 Å². The standard InChI is InChI=1S/C22H32N4O3S/c1-17-22(18(2)26(24-17)20-8-11-30(27,28)16-20)13-23-12-21-15-25(9-10-29-21)14-19-6-4-3-5-7-19/h3-7,20-21,23H,8-16H2,1-2H3/t20-,21+/m1/s1. The molecule has 1 aromatic carbocycles. The maximum absolute atomic E-state index is 11.8. The van der Waals surface area contributed by atoms with Crippen LogP contribution < -0.4 is 5.32 Å². The zero-order chi connectivity index (χ0) is 21.1. The first-order valence-electron chi connectivity index (χ1n) is 10.7. The lowest BCUT2D eigenvalue weighted by atomic mass is 10.1. The van der Waals surface area contributed by atoms with Gasteiger partial charge in [-0.15, -0.1) is 0 Å². The minimum absolute atomic E-state index is 0.0318. The molecule has 0 bridgehead atoms. The number of nitrogens with one attached hydrogen (secondary N) is 1. The molecule has 7 nitrogen and oxygen atoms in total. The molecule has 0 unspecified atom stereocenters. The lowest BCUT2D eigenvalue weighted by Crippen LogP contribution is -2.46. The average molecular weight is 433 g/mol. The molecule has 164 valence electrons. The third-order valence-corrected chi connectivity index (χ3v) is 7.93. The number of aromatic nitrogens is 2. The van der Waals surface area contributed by atoms with Crippen molar-refractivity contribution in [1.82, 2.24) is 20.0 Å². The number of benzene rings is 1. The van der Waals surface area contributed by atoms with Crippen molar-refractivity contribution >= 4 is 9.84 Å². The summed E-state index contributed by atoms with van der Waals surface area (Å²) in [5, 5.41) is 8.19. The van der Waals surface area contributed by atoms with Crippen LogP contribution in [0.25, 0.3) is 0 Å². The van der Waals surface area contributed by atoms with Crippen LogP contribution in [0.15, 0.2) is 30.3 Å². The first-order chi connectivity index (χ1) is 14.4. The molecule has 30 heavy (non-hydrogen) atoms. The second-order valence-corrected chi connectivity index (χ2v) is 10.7. The van der Waals surface area contributed by atoms with E-state index in [0.717, 1.165) is 56.3 Å². The number of morpholine rings is 1. The Hall–Kier alpha value is -1.74. The zero-order valence-electron chi connectivity index (χ0n) is 17.9. The zero-order valence-corrected chi connectivity index (χ0v) is 18.7. The van der Waals surface area contributed by atoms with Crippen LogP contribution >= 0.6 is 0 Å². The predicted octanol–water partition coefficient (Wildman–Crippen LogP) is 1.85. The van der Waals surface area contributed by atoms with Crippen molar-refractivity contribution in [3.63, 3.8) is 0 Å². The van der Waals surface area contributed by atoms with E-state index in [-0.39, 0.29) is 23.7 Å². The molecule has 3 heterocycles. The first-order valence-corrected chi connectivity index (χ1v) is 12.6. The number of ether oxygens (including phenoxy) is 1. The average Bonchev–Trinajstić information content (AvgIpc) is 3.22. The summed E-state index contributed by atoms with van der Waals surface area (Å²) >= 11 is 0. The van der Waals surface area contributed by atoms with Gasteiger partial charge in [-0.05, 0) is 25.8 Å². The van der Waals surface area contributed by atoms with E-state index in [1.165, 1.54) is 5.56 Å². The Kier molecular flexibility index (Phi) is 6.57. The predicted molar refractivity (Wildman–Crippen MR) is 117 cm³/mol. The van der Waals surface area contributed by atoms with Crippen molar-refractivity contribution in [2.45, 2.75) is 45.5 Å². The third-order valence-electron chi connectivity index (χ3n) is 6.17. The molecule has 1 N–H and O–H groups in total. The van der Waals surface area contributed by atoms with Crippen molar-refractivity contribution in [2.75, 3.05) is 37.7 Å². The van der Waals surface area contributed by atoms with Gasteiger partial charge in [-0.2, -0.15) is 5.10 Å². The Bertz CT molecular complexity index is 958. The van der Waals surface area contributed by atoms with Gasteiger partial charge >= 0.3 is 0 Å². The fraction of sp³-hybridized carbons (Fsp3) is 0.591. The van der Waals surface area contributed by atoms with E-state index in [1.807, 2.05) is 24.6 Å². The molecule has 2 saturated heterocycles. The molecule has 8 heteroatoms. The van der Waals surface area contributed by atoms with Crippen molar-refractivity contribution in [1.29, 1.82) is 0 Å². The van der Waals surface area contributed by atoms with E-state index in [1.54, 1.807) is 0 Å². The highest BCUT2D eigenvalue weighted by atomic mass is 32.2. The van der Waals surface area contributed by atoms with Gasteiger partial charge in [0.15, 0.2) is 9.84 Å². The van der Waals surface area contributed by atoms with Crippen LogP contribution in [0.5, 0.6) is 0 Å². The Morgan fingerprint density at radius 3 is 2.77 bits per heavy atom. The topological polar surface area (TPSA) is 76.5 Å². The highest BCUT2D eigenvalue weighted by Gasteiger charge is 2.31. The minimum atomic E-state index is -2.92. The molecule has 2 aliphatic rings. The summed E-state index contributed by atoms with van der Waals surface area (Å²) in [6, 6.07) is 10.5. The summed E-state index contributed by atoms with van der Waals surface area (Å²) < 4.78 is 31.6. The van der Waals surface area contributed by atoms with E-state index in [2.05, 4.69) is 39.6 Å². The van der Waals surface area contributed by atoms with Gasteiger partial charge in [0, 0.05) is 44.0 Å². The third kappa shape index (κ3) is 5.11. The maximum atomic E-state index is 11.8. The lowest BCUT2D eigenvalue weighted by molar-refractivity contribution is -0.0300. The summed E-state index contributed by atoms with van der Waals surface area (Å²) in [6.07, 6.45) is 0.822. The van der Waals surface area contributed by atoms with E-state index >= 15 is 0 Å². The number of hydrogen-bond donors (Lipinski definition) is 1. The van der Waals surface area contributed by atoms with Gasteiger partial charge in [0.25, 0.3) is 0 Å². The van der Waals surface area contributed by atoms with E-state index in [4.69, 9.17) is 4.74 Å². The van der Waals surface area contributed by atoms with Crippen LogP contribution in [0, 0.1) is 13.8 Å². The normalized spacial score (nSPS) is 24.3. The molecular formula is C22H32N4O3S. The molecule has 2 fully saturated rings. The van der Waals surface area contributed by atoms with Crippen molar-refractivity contribution in [3.8, 4) is 0 Å². The quantitative estimate of drug-likeness (QED) is 0.720.